The Labute approximate surface area is 91.8 Å². The molecule has 0 saturated heterocycles. The van der Waals surface area contributed by atoms with Gasteiger partial charge in [0.1, 0.15) is 0 Å². The van der Waals surface area contributed by atoms with Crippen LogP contribution in [0.25, 0.3) is 0 Å². The number of rotatable bonds is 1. The Hall–Kier alpha value is -0.340. The number of aryl methyl sites for hydroxylation is 1. The predicted octanol–water partition coefficient (Wildman–Crippen LogP) is 3.46. The van der Waals surface area contributed by atoms with Crippen LogP contribution in [0.3, 0.4) is 0 Å². The van der Waals surface area contributed by atoms with Crippen LogP contribution in [0.15, 0.2) is 5.38 Å². The van der Waals surface area contributed by atoms with Crippen molar-refractivity contribution < 1.29 is 0 Å². The maximum absolute atomic E-state index is 2.51. The highest BCUT2D eigenvalue weighted by atomic mass is 32.1. The van der Waals surface area contributed by atoms with E-state index in [1.54, 1.807) is 10.4 Å². The third-order valence-electron chi connectivity index (χ3n) is 2.68. The zero-order chi connectivity index (χ0) is 10.6. The third kappa shape index (κ3) is 2.37. The van der Waals surface area contributed by atoms with Crippen LogP contribution < -0.4 is 0 Å². The molecule has 0 aliphatic carbocycles. The first-order valence-corrected chi connectivity index (χ1v) is 6.47. The maximum Gasteiger partial charge on any atom is 0.0330 e. The molecule has 0 bridgehead atoms. The first-order valence-electron chi connectivity index (χ1n) is 5.59. The van der Waals surface area contributed by atoms with Gasteiger partial charge < -0.3 is 0 Å². The molecule has 0 amide bonds. The Morgan fingerprint density at radius 3 is 2.79 bits per heavy atom. The van der Waals surface area contributed by atoms with Crippen molar-refractivity contribution in [3.05, 3.63) is 21.4 Å². The average molecular weight is 211 g/mol. The van der Waals surface area contributed by atoms with Gasteiger partial charge in [0.15, 0.2) is 0 Å². The van der Waals surface area contributed by atoms with Crippen molar-refractivity contribution in [3.8, 4) is 0 Å². The van der Waals surface area contributed by atoms with Crippen molar-refractivity contribution in [2.24, 2.45) is 0 Å². The molecule has 0 unspecified atom stereocenters. The summed E-state index contributed by atoms with van der Waals surface area (Å²) >= 11 is 1.93. The number of hydrogen-bond donors (Lipinski definition) is 0. The summed E-state index contributed by atoms with van der Waals surface area (Å²) in [6, 6.07) is 0. The summed E-state index contributed by atoms with van der Waals surface area (Å²) in [6.45, 7) is 12.1. The molecule has 14 heavy (non-hydrogen) atoms. The molecule has 0 saturated carbocycles. The molecule has 2 heteroatoms. The highest BCUT2D eigenvalue weighted by molar-refractivity contribution is 7.10. The van der Waals surface area contributed by atoms with E-state index in [4.69, 9.17) is 0 Å². The Balaban J connectivity index is 0.000000461. The fraction of sp³-hybridized carbons (Fsp3) is 0.667. The van der Waals surface area contributed by atoms with Gasteiger partial charge in [0.05, 0.1) is 0 Å². The Morgan fingerprint density at radius 2 is 2.14 bits per heavy atom. The molecule has 0 spiro atoms. The van der Waals surface area contributed by atoms with Gasteiger partial charge in [-0.15, -0.1) is 11.3 Å². The molecule has 1 aromatic heterocycles. The van der Waals surface area contributed by atoms with Crippen LogP contribution in [0.5, 0.6) is 0 Å². The van der Waals surface area contributed by atoms with Gasteiger partial charge in [0, 0.05) is 18.0 Å². The number of nitrogens with zero attached hydrogens (tertiary/aromatic N) is 1. The second-order valence-corrected chi connectivity index (χ2v) is 4.40. The molecule has 2 heterocycles. The summed E-state index contributed by atoms with van der Waals surface area (Å²) in [5.74, 6) is 0. The molecule has 0 atom stereocenters. The highest BCUT2D eigenvalue weighted by Gasteiger charge is 2.17. The summed E-state index contributed by atoms with van der Waals surface area (Å²) in [4.78, 5) is 4.11. The van der Waals surface area contributed by atoms with Crippen molar-refractivity contribution in [1.82, 2.24) is 4.90 Å². The first kappa shape index (κ1) is 11.7. The zero-order valence-electron chi connectivity index (χ0n) is 9.76. The summed E-state index contributed by atoms with van der Waals surface area (Å²) in [5, 5.41) is 2.30. The monoisotopic (exact) mass is 211 g/mol. The molecule has 80 valence electrons. The SMILES string of the molecule is CC.CCN1CCc2c(C)csc2C1. The lowest BCUT2D eigenvalue weighted by atomic mass is 10.0. The Kier molecular flexibility index (Phi) is 4.63. The smallest absolute Gasteiger partial charge is 0.0330 e. The molecular weight excluding hydrogens is 190 g/mol. The molecular formula is C12H21NS. The molecule has 0 radical (unpaired) electrons. The zero-order valence-corrected chi connectivity index (χ0v) is 10.6. The van der Waals surface area contributed by atoms with E-state index in [0.717, 1.165) is 0 Å². The van der Waals surface area contributed by atoms with Crippen LogP contribution in [0.4, 0.5) is 0 Å². The molecule has 0 aromatic carbocycles. The van der Waals surface area contributed by atoms with Crippen molar-refractivity contribution in [3.63, 3.8) is 0 Å². The van der Waals surface area contributed by atoms with E-state index in [9.17, 15) is 0 Å². The fourth-order valence-electron chi connectivity index (χ4n) is 1.81. The van der Waals surface area contributed by atoms with Crippen molar-refractivity contribution in [2.75, 3.05) is 13.1 Å². The van der Waals surface area contributed by atoms with Gasteiger partial charge in [-0.1, -0.05) is 20.8 Å². The first-order chi connectivity index (χ1) is 6.81. The largest absolute Gasteiger partial charge is 0.298 e. The molecule has 1 aliphatic rings. The fourth-order valence-corrected chi connectivity index (χ4v) is 2.94. The van der Waals surface area contributed by atoms with Crippen molar-refractivity contribution >= 4 is 11.3 Å². The number of likely N-dealkylation sites (N-methyl/N-ethyl adjacent to an activating group) is 1. The van der Waals surface area contributed by atoms with Crippen LogP contribution in [-0.2, 0) is 13.0 Å². The molecule has 0 N–H and O–H groups in total. The van der Waals surface area contributed by atoms with Gasteiger partial charge >= 0.3 is 0 Å². The van der Waals surface area contributed by atoms with Crippen LogP contribution in [-0.4, -0.2) is 18.0 Å². The lowest BCUT2D eigenvalue weighted by molar-refractivity contribution is 0.271. The van der Waals surface area contributed by atoms with E-state index in [1.807, 2.05) is 25.2 Å². The predicted molar refractivity (Wildman–Crippen MR) is 65.1 cm³/mol. The topological polar surface area (TPSA) is 3.24 Å². The van der Waals surface area contributed by atoms with E-state index >= 15 is 0 Å². The minimum Gasteiger partial charge on any atom is -0.298 e. The lowest BCUT2D eigenvalue weighted by Crippen LogP contribution is -2.29. The van der Waals surface area contributed by atoms with E-state index in [2.05, 4.69) is 24.1 Å². The minimum atomic E-state index is 1.18. The number of thiophene rings is 1. The second-order valence-electron chi connectivity index (χ2n) is 3.44. The molecule has 0 fully saturated rings. The number of hydrogen-bond acceptors (Lipinski definition) is 2. The summed E-state index contributed by atoms with van der Waals surface area (Å²) in [5.41, 5.74) is 3.13. The van der Waals surface area contributed by atoms with Gasteiger partial charge in [-0.25, -0.2) is 0 Å². The van der Waals surface area contributed by atoms with Crippen LogP contribution >= 0.6 is 11.3 Å². The third-order valence-corrected chi connectivity index (χ3v) is 3.81. The van der Waals surface area contributed by atoms with Crippen LogP contribution in [0, 0.1) is 6.92 Å². The normalized spacial score (nSPS) is 15.7. The minimum absolute atomic E-state index is 1.18. The van der Waals surface area contributed by atoms with Gasteiger partial charge in [-0.05, 0) is 36.4 Å². The van der Waals surface area contributed by atoms with E-state index in [0.29, 0.717) is 0 Å². The van der Waals surface area contributed by atoms with Crippen LogP contribution in [0.2, 0.25) is 0 Å². The van der Waals surface area contributed by atoms with Gasteiger partial charge in [-0.2, -0.15) is 0 Å². The van der Waals surface area contributed by atoms with Gasteiger partial charge in [-0.3, -0.25) is 4.90 Å². The maximum atomic E-state index is 2.51. The summed E-state index contributed by atoms with van der Waals surface area (Å²) in [6.07, 6.45) is 1.26. The molecule has 1 aliphatic heterocycles. The average Bonchev–Trinajstić information content (AvgIpc) is 2.63. The van der Waals surface area contributed by atoms with E-state index in [1.165, 1.54) is 31.6 Å². The highest BCUT2D eigenvalue weighted by Crippen LogP contribution is 2.27. The van der Waals surface area contributed by atoms with Crippen LogP contribution in [0.1, 0.15) is 36.8 Å². The Bertz CT molecular complexity index is 278. The molecule has 1 aromatic rings. The second kappa shape index (κ2) is 5.52. The standard InChI is InChI=1S/C10H15NS.C2H6/c1-3-11-5-4-9-8(2)7-12-10(9)6-11;1-2/h7H,3-6H2,1-2H3;1-2H3. The van der Waals surface area contributed by atoms with Gasteiger partial charge in [0.25, 0.3) is 0 Å². The lowest BCUT2D eigenvalue weighted by Gasteiger charge is -2.25. The van der Waals surface area contributed by atoms with Crippen molar-refractivity contribution in [1.29, 1.82) is 0 Å². The number of fused-ring (bicyclic) bond motifs is 1. The Morgan fingerprint density at radius 1 is 1.43 bits per heavy atom. The van der Waals surface area contributed by atoms with Crippen molar-refractivity contribution in [2.45, 2.75) is 40.7 Å². The summed E-state index contributed by atoms with van der Waals surface area (Å²) in [7, 11) is 0. The quantitative estimate of drug-likeness (QED) is 0.687. The van der Waals surface area contributed by atoms with E-state index < -0.39 is 0 Å². The summed E-state index contributed by atoms with van der Waals surface area (Å²) < 4.78 is 0. The molecule has 2 rings (SSSR count). The van der Waals surface area contributed by atoms with Gasteiger partial charge in [0.2, 0.25) is 0 Å². The molecule has 1 nitrogen and oxygen atoms in total. The van der Waals surface area contributed by atoms with E-state index in [-0.39, 0.29) is 0 Å².